The van der Waals surface area contributed by atoms with Gasteiger partial charge in [0.2, 0.25) is 5.91 Å². The van der Waals surface area contributed by atoms with E-state index in [0.717, 1.165) is 11.3 Å². The average molecular weight is 448 g/mol. The van der Waals surface area contributed by atoms with E-state index in [-0.39, 0.29) is 12.5 Å². The number of amidine groups is 1. The van der Waals surface area contributed by atoms with E-state index in [9.17, 15) is 4.79 Å². The molecule has 170 valence electrons. The van der Waals surface area contributed by atoms with E-state index in [0.29, 0.717) is 40.4 Å². The lowest BCUT2D eigenvalue weighted by atomic mass is 10.0. The van der Waals surface area contributed by atoms with Gasteiger partial charge in [-0.3, -0.25) is 9.79 Å². The third-order valence-corrected chi connectivity index (χ3v) is 5.07. The summed E-state index contributed by atoms with van der Waals surface area (Å²) in [4.78, 5) is 28.8. The summed E-state index contributed by atoms with van der Waals surface area (Å²) in [5.41, 5.74) is 2.94. The number of benzene rings is 1. The number of aromatic amines is 1. The summed E-state index contributed by atoms with van der Waals surface area (Å²) < 4.78 is 5.67. The maximum Gasteiger partial charge on any atom is 0.230 e. The van der Waals surface area contributed by atoms with Crippen LogP contribution in [0, 0.1) is 19.8 Å². The number of hydrogen-bond acceptors (Lipinski definition) is 9. The summed E-state index contributed by atoms with van der Waals surface area (Å²) in [6.07, 6.45) is 3.31. The number of hydrogen-bond donors (Lipinski definition) is 4. The minimum atomic E-state index is -0.493. The van der Waals surface area contributed by atoms with Gasteiger partial charge in [0.25, 0.3) is 0 Å². The highest BCUT2D eigenvalue weighted by atomic mass is 16.5. The number of aliphatic imine (C=N–C) groups is 1. The fraction of sp³-hybridized carbons (Fsp3) is 0.273. The Morgan fingerprint density at radius 1 is 1.21 bits per heavy atom. The van der Waals surface area contributed by atoms with Gasteiger partial charge in [-0.2, -0.15) is 0 Å². The highest BCUT2D eigenvalue weighted by Gasteiger charge is 2.27. The first-order valence-electron chi connectivity index (χ1n) is 10.4. The molecule has 1 amide bonds. The highest BCUT2D eigenvalue weighted by Crippen LogP contribution is 2.36. The van der Waals surface area contributed by atoms with Crippen molar-refractivity contribution in [3.8, 4) is 17.1 Å². The molecule has 3 heterocycles. The summed E-state index contributed by atoms with van der Waals surface area (Å²) in [6, 6.07) is 7.46. The molecule has 1 aliphatic rings. The molecule has 0 bridgehead atoms. The van der Waals surface area contributed by atoms with Gasteiger partial charge < -0.3 is 25.7 Å². The molecule has 1 aliphatic heterocycles. The van der Waals surface area contributed by atoms with Gasteiger partial charge >= 0.3 is 0 Å². The lowest BCUT2D eigenvalue weighted by Gasteiger charge is -2.25. The largest absolute Gasteiger partial charge is 0.494 e. The Bertz CT molecular complexity index is 1200. The SMILES string of the molecule is CNC(=O)C1CN=C(Nc2cc(C)nc(C)n2)C=C1Nc1cccc(-c2nnc[nH]2)c1OC. The van der Waals surface area contributed by atoms with Crippen molar-refractivity contribution >= 4 is 23.2 Å². The monoisotopic (exact) mass is 447 g/mol. The number of carbonyl (C=O) groups is 1. The maximum atomic E-state index is 12.6. The van der Waals surface area contributed by atoms with E-state index in [4.69, 9.17) is 4.74 Å². The number of carbonyl (C=O) groups excluding carboxylic acids is 1. The van der Waals surface area contributed by atoms with Crippen LogP contribution < -0.4 is 20.7 Å². The second kappa shape index (κ2) is 9.47. The Hall–Kier alpha value is -4.28. The number of amides is 1. The molecule has 0 fully saturated rings. The number of methoxy groups -OCH3 is 1. The summed E-state index contributed by atoms with van der Waals surface area (Å²) >= 11 is 0. The fourth-order valence-corrected chi connectivity index (χ4v) is 3.63. The predicted molar refractivity (Wildman–Crippen MR) is 125 cm³/mol. The van der Waals surface area contributed by atoms with Crippen LogP contribution in [-0.2, 0) is 4.79 Å². The van der Waals surface area contributed by atoms with Gasteiger partial charge in [-0.1, -0.05) is 6.07 Å². The number of nitrogens with one attached hydrogen (secondary N) is 4. The van der Waals surface area contributed by atoms with Gasteiger partial charge in [0, 0.05) is 30.6 Å². The van der Waals surface area contributed by atoms with Gasteiger partial charge in [-0.05, 0) is 26.0 Å². The molecule has 3 aromatic rings. The van der Waals surface area contributed by atoms with Crippen molar-refractivity contribution in [2.24, 2.45) is 10.9 Å². The molecule has 0 radical (unpaired) electrons. The molecule has 0 saturated carbocycles. The number of ether oxygens (including phenoxy) is 1. The van der Waals surface area contributed by atoms with Crippen LogP contribution in [-0.4, -0.2) is 57.6 Å². The third kappa shape index (κ3) is 4.81. The molecular formula is C22H25N9O2. The highest BCUT2D eigenvalue weighted by molar-refractivity contribution is 6.05. The summed E-state index contributed by atoms with van der Waals surface area (Å²) in [6.45, 7) is 4.01. The van der Waals surface area contributed by atoms with Crippen molar-refractivity contribution in [2.45, 2.75) is 13.8 Å². The Morgan fingerprint density at radius 2 is 2.06 bits per heavy atom. The van der Waals surface area contributed by atoms with Crippen LogP contribution in [0.2, 0.25) is 0 Å². The molecule has 4 N–H and O–H groups in total. The molecule has 2 aromatic heterocycles. The lowest BCUT2D eigenvalue weighted by Crippen LogP contribution is -2.36. The molecule has 1 atom stereocenters. The van der Waals surface area contributed by atoms with Crippen LogP contribution in [0.5, 0.6) is 5.75 Å². The van der Waals surface area contributed by atoms with Crippen LogP contribution in [0.15, 0.2) is 47.4 Å². The normalized spacial score (nSPS) is 15.3. The van der Waals surface area contributed by atoms with Crippen LogP contribution >= 0.6 is 0 Å². The molecule has 33 heavy (non-hydrogen) atoms. The first-order valence-corrected chi connectivity index (χ1v) is 10.4. The van der Waals surface area contributed by atoms with Crippen molar-refractivity contribution in [3.63, 3.8) is 0 Å². The van der Waals surface area contributed by atoms with Crippen LogP contribution in [0.3, 0.4) is 0 Å². The smallest absolute Gasteiger partial charge is 0.230 e. The fourth-order valence-electron chi connectivity index (χ4n) is 3.63. The zero-order valence-electron chi connectivity index (χ0n) is 18.8. The quantitative estimate of drug-likeness (QED) is 0.450. The lowest BCUT2D eigenvalue weighted by molar-refractivity contribution is -0.123. The van der Waals surface area contributed by atoms with E-state index < -0.39 is 5.92 Å². The first-order chi connectivity index (χ1) is 16.0. The van der Waals surface area contributed by atoms with Crippen molar-refractivity contribution < 1.29 is 9.53 Å². The number of anilines is 2. The summed E-state index contributed by atoms with van der Waals surface area (Å²) in [5.74, 6) is 2.40. The zero-order valence-corrected chi connectivity index (χ0v) is 18.8. The topological polar surface area (TPSA) is 142 Å². The van der Waals surface area contributed by atoms with Crippen molar-refractivity contribution in [1.82, 2.24) is 30.5 Å². The predicted octanol–water partition coefficient (Wildman–Crippen LogP) is 2.07. The molecule has 11 nitrogen and oxygen atoms in total. The van der Waals surface area contributed by atoms with Gasteiger partial charge in [-0.25, -0.2) is 9.97 Å². The van der Waals surface area contributed by atoms with Crippen LogP contribution in [0.1, 0.15) is 11.5 Å². The third-order valence-electron chi connectivity index (χ3n) is 5.07. The Balaban J connectivity index is 1.67. The van der Waals surface area contributed by atoms with Crippen LogP contribution in [0.4, 0.5) is 11.5 Å². The van der Waals surface area contributed by atoms with E-state index in [1.807, 2.05) is 38.1 Å². The van der Waals surface area contributed by atoms with Gasteiger partial charge in [0.1, 0.15) is 23.8 Å². The van der Waals surface area contributed by atoms with E-state index in [1.165, 1.54) is 6.33 Å². The molecule has 4 rings (SSSR count). The van der Waals surface area contributed by atoms with Gasteiger partial charge in [-0.15, -0.1) is 10.2 Å². The van der Waals surface area contributed by atoms with Crippen molar-refractivity contribution in [2.75, 3.05) is 31.3 Å². The van der Waals surface area contributed by atoms with Crippen molar-refractivity contribution in [3.05, 3.63) is 53.9 Å². The summed E-state index contributed by atoms with van der Waals surface area (Å²) in [7, 11) is 3.19. The number of dihydropyridines is 1. The molecule has 11 heteroatoms. The Morgan fingerprint density at radius 3 is 2.76 bits per heavy atom. The number of rotatable bonds is 6. The Labute approximate surface area is 190 Å². The number of aromatic nitrogens is 5. The Kier molecular flexibility index (Phi) is 6.29. The molecule has 1 aromatic carbocycles. The van der Waals surface area contributed by atoms with E-state index in [1.54, 1.807) is 20.2 Å². The van der Waals surface area contributed by atoms with Crippen molar-refractivity contribution in [1.29, 1.82) is 0 Å². The number of H-pyrrole nitrogens is 1. The minimum Gasteiger partial charge on any atom is -0.494 e. The molecule has 0 saturated heterocycles. The standard InChI is InChI=1S/C22H25N9O2/c1-12-8-19(28-13(2)27-12)30-18-9-17(15(10-24-18)22(32)23-3)29-16-7-5-6-14(20(16)33-4)21-25-11-26-31-21/h5-9,11,15,29H,10H2,1-4H3,(H,23,32)(H,25,26,31)(H,24,27,28,30). The molecular weight excluding hydrogens is 422 g/mol. The van der Waals surface area contributed by atoms with Gasteiger partial charge in [0.05, 0.1) is 30.8 Å². The second-order valence-corrected chi connectivity index (χ2v) is 7.41. The van der Waals surface area contributed by atoms with E-state index in [2.05, 4.69) is 46.1 Å². The zero-order chi connectivity index (χ0) is 23.4. The first kappa shape index (κ1) is 21.9. The number of aryl methyl sites for hydroxylation is 2. The minimum absolute atomic E-state index is 0.143. The number of nitrogens with zero attached hydrogens (tertiary/aromatic N) is 5. The van der Waals surface area contributed by atoms with Crippen LogP contribution in [0.25, 0.3) is 11.4 Å². The average Bonchev–Trinajstić information content (AvgIpc) is 3.33. The van der Waals surface area contributed by atoms with Gasteiger partial charge in [0.15, 0.2) is 11.6 Å². The second-order valence-electron chi connectivity index (χ2n) is 7.41. The van der Waals surface area contributed by atoms with E-state index >= 15 is 0 Å². The maximum absolute atomic E-state index is 12.6. The molecule has 0 aliphatic carbocycles. The molecule has 0 spiro atoms. The molecule has 1 unspecified atom stereocenters. The summed E-state index contributed by atoms with van der Waals surface area (Å²) in [5, 5.41) is 17.2. The number of para-hydroxylation sites is 1.